The quantitative estimate of drug-likeness (QED) is 0.875. The summed E-state index contributed by atoms with van der Waals surface area (Å²) >= 11 is 1.28. The van der Waals surface area contributed by atoms with E-state index in [4.69, 9.17) is 5.73 Å². The van der Waals surface area contributed by atoms with E-state index in [1.165, 1.54) is 16.2 Å². The van der Waals surface area contributed by atoms with Crippen LogP contribution in [-0.2, 0) is 16.0 Å². The van der Waals surface area contributed by atoms with Gasteiger partial charge >= 0.3 is 5.97 Å². The highest BCUT2D eigenvalue weighted by atomic mass is 32.1. The van der Waals surface area contributed by atoms with Gasteiger partial charge in [0.05, 0.1) is 12.1 Å². The molecule has 1 aliphatic rings. The summed E-state index contributed by atoms with van der Waals surface area (Å²) in [5, 5.41) is 11.5. The van der Waals surface area contributed by atoms with Gasteiger partial charge in [-0.2, -0.15) is 0 Å². The van der Waals surface area contributed by atoms with Gasteiger partial charge in [-0.25, -0.2) is 9.78 Å². The fourth-order valence-corrected chi connectivity index (χ4v) is 3.16. The third kappa shape index (κ3) is 3.27. The van der Waals surface area contributed by atoms with Crippen LogP contribution in [0, 0.1) is 5.92 Å². The molecule has 7 heteroatoms. The first kappa shape index (κ1) is 14.8. The fourth-order valence-electron chi connectivity index (χ4n) is 2.60. The Bertz CT molecular complexity index is 503. The van der Waals surface area contributed by atoms with Gasteiger partial charge < -0.3 is 15.7 Å². The van der Waals surface area contributed by atoms with Crippen molar-refractivity contribution in [3.63, 3.8) is 0 Å². The molecule has 3 N–H and O–H groups in total. The molecule has 1 fully saturated rings. The number of carboxylic acids is 1. The molecule has 2 atom stereocenters. The summed E-state index contributed by atoms with van der Waals surface area (Å²) in [7, 11) is 0. The number of hydrogen-bond acceptors (Lipinski definition) is 5. The number of carbonyl (C=O) groups excluding carboxylic acids is 1. The SMILES string of the molecule is CCC1CCN(C(=O)Cc2csc(N)n2)C(C(=O)O)C1. The van der Waals surface area contributed by atoms with E-state index in [1.54, 1.807) is 5.38 Å². The number of piperidine rings is 1. The van der Waals surface area contributed by atoms with E-state index in [-0.39, 0.29) is 12.3 Å². The second kappa shape index (κ2) is 6.21. The molecule has 2 heterocycles. The summed E-state index contributed by atoms with van der Waals surface area (Å²) < 4.78 is 0. The van der Waals surface area contributed by atoms with Gasteiger partial charge in [-0.3, -0.25) is 4.79 Å². The van der Waals surface area contributed by atoms with Gasteiger partial charge in [0.15, 0.2) is 5.13 Å². The predicted octanol–water partition coefficient (Wildman–Crippen LogP) is 1.37. The number of thiazole rings is 1. The Morgan fingerprint density at radius 3 is 2.90 bits per heavy atom. The smallest absolute Gasteiger partial charge is 0.326 e. The molecule has 0 radical (unpaired) electrons. The van der Waals surface area contributed by atoms with Crippen molar-refractivity contribution in [2.24, 2.45) is 5.92 Å². The highest BCUT2D eigenvalue weighted by Crippen LogP contribution is 2.26. The van der Waals surface area contributed by atoms with E-state index in [1.807, 2.05) is 0 Å². The normalized spacial score (nSPS) is 22.8. The minimum absolute atomic E-state index is 0.119. The van der Waals surface area contributed by atoms with Gasteiger partial charge in [-0.05, 0) is 18.8 Å². The van der Waals surface area contributed by atoms with E-state index < -0.39 is 12.0 Å². The van der Waals surface area contributed by atoms with Crippen molar-refractivity contribution in [2.75, 3.05) is 12.3 Å². The number of anilines is 1. The molecule has 0 aliphatic carbocycles. The Morgan fingerprint density at radius 1 is 1.60 bits per heavy atom. The zero-order valence-corrected chi connectivity index (χ0v) is 12.2. The van der Waals surface area contributed by atoms with Gasteiger partial charge in [0.2, 0.25) is 5.91 Å². The van der Waals surface area contributed by atoms with Gasteiger partial charge in [0, 0.05) is 11.9 Å². The van der Waals surface area contributed by atoms with Gasteiger partial charge in [0.1, 0.15) is 6.04 Å². The van der Waals surface area contributed by atoms with Crippen LogP contribution in [0.2, 0.25) is 0 Å². The van der Waals surface area contributed by atoms with Crippen LogP contribution in [0.5, 0.6) is 0 Å². The molecule has 0 saturated carbocycles. The largest absolute Gasteiger partial charge is 0.480 e. The highest BCUT2D eigenvalue weighted by molar-refractivity contribution is 7.13. The van der Waals surface area contributed by atoms with E-state index in [0.29, 0.717) is 29.7 Å². The van der Waals surface area contributed by atoms with Crippen LogP contribution < -0.4 is 5.73 Å². The molecule has 1 aliphatic heterocycles. The van der Waals surface area contributed by atoms with Gasteiger partial charge in [-0.1, -0.05) is 13.3 Å². The summed E-state index contributed by atoms with van der Waals surface area (Å²) in [4.78, 5) is 29.2. The summed E-state index contributed by atoms with van der Waals surface area (Å²) in [6.45, 7) is 2.56. The number of aromatic nitrogens is 1. The van der Waals surface area contributed by atoms with Crippen LogP contribution in [-0.4, -0.2) is 39.5 Å². The molecule has 0 aromatic carbocycles. The topological polar surface area (TPSA) is 96.5 Å². The lowest BCUT2D eigenvalue weighted by atomic mass is 9.88. The maximum Gasteiger partial charge on any atom is 0.326 e. The Labute approximate surface area is 121 Å². The van der Waals surface area contributed by atoms with Gasteiger partial charge in [0.25, 0.3) is 0 Å². The molecule has 20 heavy (non-hydrogen) atoms. The summed E-state index contributed by atoms with van der Waals surface area (Å²) in [6.07, 6.45) is 2.48. The number of carbonyl (C=O) groups is 2. The second-order valence-corrected chi connectivity index (χ2v) is 5.98. The Kier molecular flexibility index (Phi) is 4.59. The third-order valence-corrected chi connectivity index (χ3v) is 4.52. The fraction of sp³-hybridized carbons (Fsp3) is 0.615. The molecular formula is C13H19N3O3S. The number of hydrogen-bond donors (Lipinski definition) is 2. The number of amides is 1. The Balaban J connectivity index is 2.05. The second-order valence-electron chi connectivity index (χ2n) is 5.09. The third-order valence-electron chi connectivity index (χ3n) is 3.80. The predicted molar refractivity (Wildman–Crippen MR) is 76.4 cm³/mol. The number of carboxylic acid groups (broad SMARTS) is 1. The highest BCUT2D eigenvalue weighted by Gasteiger charge is 2.35. The van der Waals surface area contributed by atoms with Crippen LogP contribution in [0.15, 0.2) is 5.38 Å². The number of aliphatic carboxylic acids is 1. The summed E-state index contributed by atoms with van der Waals surface area (Å²) in [5.41, 5.74) is 6.14. The van der Waals surface area contributed by atoms with Crippen LogP contribution in [0.25, 0.3) is 0 Å². The van der Waals surface area contributed by atoms with E-state index in [2.05, 4.69) is 11.9 Å². The van der Waals surface area contributed by atoms with Crippen molar-refractivity contribution in [1.29, 1.82) is 0 Å². The minimum Gasteiger partial charge on any atom is -0.480 e. The molecule has 1 aromatic rings. The maximum absolute atomic E-state index is 12.3. The number of nitrogens with two attached hydrogens (primary N) is 1. The molecular weight excluding hydrogens is 278 g/mol. The van der Waals surface area contributed by atoms with Crippen LogP contribution in [0.3, 0.4) is 0 Å². The van der Waals surface area contributed by atoms with Crippen molar-refractivity contribution < 1.29 is 14.7 Å². The zero-order valence-electron chi connectivity index (χ0n) is 11.4. The lowest BCUT2D eigenvalue weighted by Crippen LogP contribution is -2.50. The van der Waals surface area contributed by atoms with Crippen molar-refractivity contribution in [3.05, 3.63) is 11.1 Å². The molecule has 2 unspecified atom stereocenters. The Hall–Kier alpha value is -1.63. The molecule has 1 saturated heterocycles. The number of likely N-dealkylation sites (tertiary alicyclic amines) is 1. The number of nitrogens with zero attached hydrogens (tertiary/aromatic N) is 2. The molecule has 2 rings (SSSR count). The van der Waals surface area contributed by atoms with Crippen LogP contribution >= 0.6 is 11.3 Å². The van der Waals surface area contributed by atoms with E-state index in [0.717, 1.165) is 12.8 Å². The monoisotopic (exact) mass is 297 g/mol. The molecule has 1 aromatic heterocycles. The number of rotatable bonds is 4. The van der Waals surface area contributed by atoms with Crippen molar-refractivity contribution in [3.8, 4) is 0 Å². The first-order chi connectivity index (χ1) is 9.51. The molecule has 6 nitrogen and oxygen atoms in total. The van der Waals surface area contributed by atoms with Crippen LogP contribution in [0.4, 0.5) is 5.13 Å². The summed E-state index contributed by atoms with van der Waals surface area (Å²) in [6, 6.07) is -0.711. The lowest BCUT2D eigenvalue weighted by molar-refractivity contribution is -0.153. The minimum atomic E-state index is -0.922. The maximum atomic E-state index is 12.3. The zero-order chi connectivity index (χ0) is 14.7. The van der Waals surface area contributed by atoms with Gasteiger partial charge in [-0.15, -0.1) is 11.3 Å². The average molecular weight is 297 g/mol. The first-order valence-corrected chi connectivity index (χ1v) is 7.61. The standard InChI is InChI=1S/C13H19N3O3S/c1-2-8-3-4-16(10(5-8)12(18)19)11(17)6-9-7-20-13(14)15-9/h7-8,10H,2-6H2,1H3,(H2,14,15)(H,18,19). The number of nitrogen functional groups attached to an aromatic ring is 1. The molecule has 1 amide bonds. The van der Waals surface area contributed by atoms with Crippen molar-refractivity contribution in [1.82, 2.24) is 9.88 Å². The van der Waals surface area contributed by atoms with E-state index in [9.17, 15) is 14.7 Å². The lowest BCUT2D eigenvalue weighted by Gasteiger charge is -2.36. The summed E-state index contributed by atoms with van der Waals surface area (Å²) in [5.74, 6) is -0.721. The molecule has 0 spiro atoms. The molecule has 110 valence electrons. The first-order valence-electron chi connectivity index (χ1n) is 6.73. The Morgan fingerprint density at radius 2 is 2.35 bits per heavy atom. The van der Waals surface area contributed by atoms with Crippen molar-refractivity contribution in [2.45, 2.75) is 38.6 Å². The molecule has 0 bridgehead atoms. The van der Waals surface area contributed by atoms with Crippen molar-refractivity contribution >= 4 is 28.3 Å². The van der Waals surface area contributed by atoms with E-state index >= 15 is 0 Å². The average Bonchev–Trinajstić information content (AvgIpc) is 2.83. The van der Waals surface area contributed by atoms with Crippen LogP contribution in [0.1, 0.15) is 31.9 Å².